The minimum atomic E-state index is 0. The van der Waals surface area contributed by atoms with Crippen LogP contribution in [-0.2, 0) is 6.42 Å². The number of hydrogen-bond acceptors (Lipinski definition) is 2. The van der Waals surface area contributed by atoms with Crippen LogP contribution in [0.3, 0.4) is 0 Å². The summed E-state index contributed by atoms with van der Waals surface area (Å²) in [6.45, 7) is 7.16. The van der Waals surface area contributed by atoms with Gasteiger partial charge in [0, 0.05) is 32.2 Å². The molecule has 0 spiro atoms. The molecule has 0 aromatic heterocycles. The third kappa shape index (κ3) is 3.43. The number of hydrogen-bond donors (Lipinski definition) is 1. The maximum absolute atomic E-state index is 3.45. The van der Waals surface area contributed by atoms with E-state index < -0.39 is 0 Å². The molecule has 1 N–H and O–H groups in total. The molecule has 1 aromatic carbocycles. The van der Waals surface area contributed by atoms with E-state index in [1.807, 2.05) is 0 Å². The van der Waals surface area contributed by atoms with Crippen LogP contribution in [0.15, 0.2) is 24.3 Å². The predicted molar refractivity (Wildman–Crippen MR) is 85.9 cm³/mol. The molecule has 1 aliphatic carbocycles. The summed E-state index contributed by atoms with van der Waals surface area (Å²) in [5.41, 5.74) is 3.16. The van der Waals surface area contributed by atoms with Crippen LogP contribution in [0.2, 0.25) is 0 Å². The molecule has 4 heteroatoms. The van der Waals surface area contributed by atoms with Gasteiger partial charge in [-0.05, 0) is 29.9 Å². The molecule has 2 atom stereocenters. The Balaban J connectivity index is 0.000000902. The quantitative estimate of drug-likeness (QED) is 0.858. The van der Waals surface area contributed by atoms with Crippen molar-refractivity contribution in [2.24, 2.45) is 0 Å². The van der Waals surface area contributed by atoms with E-state index in [2.05, 4.69) is 41.4 Å². The van der Waals surface area contributed by atoms with Gasteiger partial charge in [0.25, 0.3) is 0 Å². The van der Waals surface area contributed by atoms with Crippen LogP contribution in [0.5, 0.6) is 0 Å². The van der Waals surface area contributed by atoms with Crippen molar-refractivity contribution in [1.82, 2.24) is 10.2 Å². The highest BCUT2D eigenvalue weighted by molar-refractivity contribution is 5.85. The number of nitrogens with one attached hydrogen (secondary N) is 1. The molecule has 1 fully saturated rings. The first-order valence-corrected chi connectivity index (χ1v) is 6.89. The van der Waals surface area contributed by atoms with Gasteiger partial charge in [-0.2, -0.15) is 0 Å². The van der Waals surface area contributed by atoms with Crippen molar-refractivity contribution in [3.05, 3.63) is 35.4 Å². The van der Waals surface area contributed by atoms with Crippen LogP contribution >= 0.6 is 24.8 Å². The Kier molecular flexibility index (Phi) is 6.61. The Labute approximate surface area is 128 Å². The van der Waals surface area contributed by atoms with Gasteiger partial charge in [-0.3, -0.25) is 4.90 Å². The molecule has 1 aromatic rings. The van der Waals surface area contributed by atoms with Crippen molar-refractivity contribution in [2.75, 3.05) is 26.2 Å². The summed E-state index contributed by atoms with van der Waals surface area (Å²) >= 11 is 0. The topological polar surface area (TPSA) is 15.3 Å². The summed E-state index contributed by atoms with van der Waals surface area (Å²) in [6.07, 6.45) is 2.59. The molecule has 2 aliphatic rings. The fourth-order valence-corrected chi connectivity index (χ4v) is 3.48. The van der Waals surface area contributed by atoms with Crippen molar-refractivity contribution < 1.29 is 0 Å². The monoisotopic (exact) mass is 302 g/mol. The van der Waals surface area contributed by atoms with Gasteiger partial charge in [0.05, 0.1) is 0 Å². The Bertz CT molecular complexity index is 391. The second-order valence-electron chi connectivity index (χ2n) is 5.38. The molecule has 1 heterocycles. The van der Waals surface area contributed by atoms with E-state index >= 15 is 0 Å². The molecular weight excluding hydrogens is 279 g/mol. The molecule has 1 aliphatic heterocycles. The van der Waals surface area contributed by atoms with E-state index in [4.69, 9.17) is 0 Å². The highest BCUT2D eigenvalue weighted by Gasteiger charge is 2.30. The zero-order valence-corrected chi connectivity index (χ0v) is 13.1. The fraction of sp³-hybridized carbons (Fsp3) is 0.600. The summed E-state index contributed by atoms with van der Waals surface area (Å²) in [6, 6.07) is 9.76. The molecule has 1 saturated heterocycles. The number of halogens is 2. The first-order chi connectivity index (χ1) is 8.36. The van der Waals surface area contributed by atoms with Crippen molar-refractivity contribution in [3.63, 3.8) is 0 Å². The van der Waals surface area contributed by atoms with Crippen LogP contribution in [0.1, 0.15) is 30.4 Å². The number of piperazine rings is 1. The fourth-order valence-electron chi connectivity index (χ4n) is 3.48. The zero-order chi connectivity index (χ0) is 11.7. The first-order valence-electron chi connectivity index (χ1n) is 6.89. The standard InChI is InChI=1S/C15H22N2.2ClH/c1-12-14-5-3-2-4-13(14)6-7-15(12)17-10-8-16-9-11-17;;/h2-5,12,15-16H,6-11H2,1H3;2*1H/t12-,15+;;/m1../s1. The van der Waals surface area contributed by atoms with Gasteiger partial charge in [-0.1, -0.05) is 31.2 Å². The number of rotatable bonds is 1. The second kappa shape index (κ2) is 7.49. The lowest BCUT2D eigenvalue weighted by Crippen LogP contribution is -2.51. The normalized spacial score (nSPS) is 26.8. The molecule has 0 radical (unpaired) electrons. The molecule has 108 valence electrons. The van der Waals surface area contributed by atoms with Gasteiger partial charge in [0.1, 0.15) is 0 Å². The van der Waals surface area contributed by atoms with E-state index in [1.165, 1.54) is 25.9 Å². The number of aryl methyl sites for hydroxylation is 1. The minimum Gasteiger partial charge on any atom is -0.314 e. The number of fused-ring (bicyclic) bond motifs is 1. The highest BCUT2D eigenvalue weighted by Crippen LogP contribution is 2.34. The van der Waals surface area contributed by atoms with Crippen molar-refractivity contribution in [3.8, 4) is 0 Å². The molecule has 0 amide bonds. The largest absolute Gasteiger partial charge is 0.314 e. The van der Waals surface area contributed by atoms with Gasteiger partial charge >= 0.3 is 0 Å². The Morgan fingerprint density at radius 2 is 1.79 bits per heavy atom. The van der Waals surface area contributed by atoms with Gasteiger partial charge < -0.3 is 5.32 Å². The SMILES string of the molecule is C[C@@H]1c2ccccc2CC[C@@H]1N1CCNCC1.Cl.Cl. The van der Waals surface area contributed by atoms with Crippen LogP contribution in [0.4, 0.5) is 0 Å². The van der Waals surface area contributed by atoms with Gasteiger partial charge in [-0.25, -0.2) is 0 Å². The van der Waals surface area contributed by atoms with Crippen molar-refractivity contribution in [2.45, 2.75) is 31.7 Å². The minimum absolute atomic E-state index is 0. The molecule has 2 nitrogen and oxygen atoms in total. The second-order valence-corrected chi connectivity index (χ2v) is 5.38. The predicted octanol–water partition coefficient (Wildman–Crippen LogP) is 2.85. The smallest absolute Gasteiger partial charge is 0.0166 e. The van der Waals surface area contributed by atoms with Crippen molar-refractivity contribution >= 4 is 24.8 Å². The zero-order valence-electron chi connectivity index (χ0n) is 11.5. The van der Waals surface area contributed by atoms with E-state index in [1.54, 1.807) is 11.1 Å². The van der Waals surface area contributed by atoms with Gasteiger partial charge in [-0.15, -0.1) is 24.8 Å². The number of benzene rings is 1. The lowest BCUT2D eigenvalue weighted by molar-refractivity contribution is 0.141. The molecule has 0 saturated carbocycles. The van der Waals surface area contributed by atoms with Crippen LogP contribution in [0.25, 0.3) is 0 Å². The van der Waals surface area contributed by atoms with Gasteiger partial charge in [0.15, 0.2) is 0 Å². The Hall–Kier alpha value is -0.280. The van der Waals surface area contributed by atoms with Crippen molar-refractivity contribution in [1.29, 1.82) is 0 Å². The Morgan fingerprint density at radius 3 is 2.53 bits per heavy atom. The summed E-state index contributed by atoms with van der Waals surface area (Å²) < 4.78 is 0. The molecule has 19 heavy (non-hydrogen) atoms. The average molecular weight is 303 g/mol. The maximum atomic E-state index is 3.45. The third-order valence-electron chi connectivity index (χ3n) is 4.45. The molecule has 3 rings (SSSR count). The van der Waals surface area contributed by atoms with E-state index in [0.717, 1.165) is 19.1 Å². The average Bonchev–Trinajstić information content (AvgIpc) is 2.40. The molecular formula is C15H24Cl2N2. The van der Waals surface area contributed by atoms with E-state index in [-0.39, 0.29) is 24.8 Å². The summed E-state index contributed by atoms with van der Waals surface area (Å²) in [5.74, 6) is 0.693. The van der Waals surface area contributed by atoms with Crippen LogP contribution in [0, 0.1) is 0 Å². The van der Waals surface area contributed by atoms with Crippen LogP contribution in [-0.4, -0.2) is 37.1 Å². The summed E-state index contributed by atoms with van der Waals surface area (Å²) in [7, 11) is 0. The highest BCUT2D eigenvalue weighted by atomic mass is 35.5. The maximum Gasteiger partial charge on any atom is 0.0166 e. The summed E-state index contributed by atoms with van der Waals surface area (Å²) in [4.78, 5) is 2.69. The third-order valence-corrected chi connectivity index (χ3v) is 4.45. The number of nitrogens with zero attached hydrogens (tertiary/aromatic N) is 1. The summed E-state index contributed by atoms with van der Waals surface area (Å²) in [5, 5.41) is 3.45. The first kappa shape index (κ1) is 16.8. The lowest BCUT2D eigenvalue weighted by Gasteiger charge is -2.41. The Morgan fingerprint density at radius 1 is 1.11 bits per heavy atom. The van der Waals surface area contributed by atoms with E-state index in [9.17, 15) is 0 Å². The van der Waals surface area contributed by atoms with Gasteiger partial charge in [0.2, 0.25) is 0 Å². The van der Waals surface area contributed by atoms with Crippen LogP contribution < -0.4 is 5.32 Å². The lowest BCUT2D eigenvalue weighted by atomic mass is 9.79. The molecule has 0 bridgehead atoms. The molecule has 0 unspecified atom stereocenters. The van der Waals surface area contributed by atoms with E-state index in [0.29, 0.717) is 5.92 Å².